The highest BCUT2D eigenvalue weighted by atomic mass is 15.0. The molecule has 0 fully saturated rings. The summed E-state index contributed by atoms with van der Waals surface area (Å²) >= 11 is 0. The molecule has 0 spiro atoms. The molecule has 0 aliphatic carbocycles. The molecule has 0 aliphatic rings. The minimum absolute atomic E-state index is 0.353. The Hall–Kier alpha value is -0.830. The highest BCUT2D eigenvalue weighted by molar-refractivity contribution is 4.92. The minimum atomic E-state index is 0.353. The van der Waals surface area contributed by atoms with Crippen LogP contribution in [0.2, 0.25) is 0 Å². The van der Waals surface area contributed by atoms with Crippen molar-refractivity contribution in [2.24, 2.45) is 18.4 Å². The molecule has 3 nitrogen and oxygen atoms in total. The van der Waals surface area contributed by atoms with Crippen LogP contribution in [-0.2, 0) is 13.5 Å². The molecular weight excluding hydrogens is 222 g/mol. The maximum absolute atomic E-state index is 4.41. The van der Waals surface area contributed by atoms with Crippen molar-refractivity contribution in [3.8, 4) is 0 Å². The number of hydrogen-bond acceptors (Lipinski definition) is 2. The Morgan fingerprint density at radius 3 is 2.61 bits per heavy atom. The number of aryl methyl sites for hydroxylation is 2. The van der Waals surface area contributed by atoms with Gasteiger partial charge in [0.25, 0.3) is 0 Å². The van der Waals surface area contributed by atoms with E-state index in [2.05, 4.69) is 49.6 Å². The van der Waals surface area contributed by atoms with Crippen molar-refractivity contribution in [3.63, 3.8) is 0 Å². The molecule has 0 aromatic carbocycles. The molecule has 0 radical (unpaired) electrons. The first-order chi connectivity index (χ1) is 8.45. The average molecular weight is 251 g/mol. The molecule has 1 heterocycles. The Kier molecular flexibility index (Phi) is 5.86. The molecule has 3 heteroatoms. The first-order valence-corrected chi connectivity index (χ1v) is 7.12. The van der Waals surface area contributed by atoms with Crippen LogP contribution in [0.1, 0.15) is 46.4 Å². The van der Waals surface area contributed by atoms with E-state index in [1.54, 1.807) is 0 Å². The zero-order valence-electron chi connectivity index (χ0n) is 12.7. The predicted molar refractivity (Wildman–Crippen MR) is 77.6 cm³/mol. The molecule has 1 atom stereocenters. The van der Waals surface area contributed by atoms with Crippen molar-refractivity contribution in [2.45, 2.75) is 47.0 Å². The molecule has 1 aromatic rings. The SMILES string of the molecule is CCCNCC(CCc1nccn1C)C(C)(C)C. The average Bonchev–Trinajstić information content (AvgIpc) is 2.67. The van der Waals surface area contributed by atoms with Crippen LogP contribution in [0.5, 0.6) is 0 Å². The lowest BCUT2D eigenvalue weighted by atomic mass is 9.78. The molecule has 0 aliphatic heterocycles. The summed E-state index contributed by atoms with van der Waals surface area (Å²) in [6.45, 7) is 11.5. The highest BCUT2D eigenvalue weighted by Gasteiger charge is 2.24. The fourth-order valence-corrected chi connectivity index (χ4v) is 2.24. The summed E-state index contributed by atoms with van der Waals surface area (Å²) in [6.07, 6.45) is 7.38. The number of hydrogen-bond donors (Lipinski definition) is 1. The summed E-state index contributed by atoms with van der Waals surface area (Å²) in [7, 11) is 2.07. The molecule has 0 bridgehead atoms. The molecule has 1 rings (SSSR count). The second-order valence-corrected chi connectivity index (χ2v) is 6.26. The molecule has 1 N–H and O–H groups in total. The number of nitrogens with zero attached hydrogens (tertiary/aromatic N) is 2. The molecule has 0 saturated heterocycles. The first kappa shape index (κ1) is 15.2. The molecule has 1 unspecified atom stereocenters. The van der Waals surface area contributed by atoms with E-state index in [1.165, 1.54) is 18.7 Å². The maximum Gasteiger partial charge on any atom is 0.108 e. The second-order valence-electron chi connectivity index (χ2n) is 6.26. The predicted octanol–water partition coefficient (Wildman–Crippen LogP) is 3.01. The van der Waals surface area contributed by atoms with Crippen LogP contribution in [0, 0.1) is 11.3 Å². The van der Waals surface area contributed by atoms with Gasteiger partial charge < -0.3 is 9.88 Å². The van der Waals surface area contributed by atoms with Gasteiger partial charge in [0.15, 0.2) is 0 Å². The summed E-state index contributed by atoms with van der Waals surface area (Å²) in [6, 6.07) is 0. The number of rotatable bonds is 7. The molecular formula is C15H29N3. The van der Waals surface area contributed by atoms with E-state index in [0.717, 1.165) is 19.5 Å². The molecule has 0 amide bonds. The minimum Gasteiger partial charge on any atom is -0.338 e. The fraction of sp³-hybridized carbons (Fsp3) is 0.800. The van der Waals surface area contributed by atoms with Gasteiger partial charge in [-0.1, -0.05) is 27.7 Å². The van der Waals surface area contributed by atoms with E-state index < -0.39 is 0 Å². The van der Waals surface area contributed by atoms with Crippen LogP contribution in [-0.4, -0.2) is 22.6 Å². The third kappa shape index (κ3) is 4.81. The van der Waals surface area contributed by atoms with Gasteiger partial charge in [-0.25, -0.2) is 4.98 Å². The quantitative estimate of drug-likeness (QED) is 0.755. The van der Waals surface area contributed by atoms with E-state index in [1.807, 2.05) is 12.4 Å². The van der Waals surface area contributed by atoms with Crippen LogP contribution >= 0.6 is 0 Å². The topological polar surface area (TPSA) is 29.9 Å². The highest BCUT2D eigenvalue weighted by Crippen LogP contribution is 2.29. The van der Waals surface area contributed by atoms with Gasteiger partial charge in [-0.3, -0.25) is 0 Å². The van der Waals surface area contributed by atoms with Crippen molar-refractivity contribution >= 4 is 0 Å². The number of nitrogens with one attached hydrogen (secondary N) is 1. The second kappa shape index (κ2) is 6.93. The smallest absolute Gasteiger partial charge is 0.108 e. The molecule has 1 aromatic heterocycles. The Bertz CT molecular complexity index is 336. The van der Waals surface area contributed by atoms with Gasteiger partial charge in [0.05, 0.1) is 0 Å². The summed E-state index contributed by atoms with van der Waals surface area (Å²) < 4.78 is 2.12. The molecule has 18 heavy (non-hydrogen) atoms. The van der Waals surface area contributed by atoms with Gasteiger partial charge in [0, 0.05) is 25.9 Å². The third-order valence-corrected chi connectivity index (χ3v) is 3.68. The van der Waals surface area contributed by atoms with E-state index in [-0.39, 0.29) is 0 Å². The van der Waals surface area contributed by atoms with Crippen LogP contribution < -0.4 is 5.32 Å². The van der Waals surface area contributed by atoms with Gasteiger partial charge in [-0.2, -0.15) is 0 Å². The fourth-order valence-electron chi connectivity index (χ4n) is 2.24. The van der Waals surface area contributed by atoms with Crippen molar-refractivity contribution in [3.05, 3.63) is 18.2 Å². The Balaban J connectivity index is 2.48. The summed E-state index contributed by atoms with van der Waals surface area (Å²) in [4.78, 5) is 4.41. The van der Waals surface area contributed by atoms with Crippen molar-refractivity contribution in [1.29, 1.82) is 0 Å². The van der Waals surface area contributed by atoms with Gasteiger partial charge in [0.1, 0.15) is 5.82 Å². The van der Waals surface area contributed by atoms with Crippen LogP contribution in [0.25, 0.3) is 0 Å². The Labute approximate surface area is 112 Å². The monoisotopic (exact) mass is 251 g/mol. The van der Waals surface area contributed by atoms with Gasteiger partial charge >= 0.3 is 0 Å². The van der Waals surface area contributed by atoms with Crippen molar-refractivity contribution in [1.82, 2.24) is 14.9 Å². The van der Waals surface area contributed by atoms with E-state index in [0.29, 0.717) is 11.3 Å². The first-order valence-electron chi connectivity index (χ1n) is 7.12. The Morgan fingerprint density at radius 1 is 1.39 bits per heavy atom. The summed E-state index contributed by atoms with van der Waals surface area (Å²) in [5.41, 5.74) is 0.353. The van der Waals surface area contributed by atoms with E-state index >= 15 is 0 Å². The third-order valence-electron chi connectivity index (χ3n) is 3.68. The van der Waals surface area contributed by atoms with Crippen molar-refractivity contribution < 1.29 is 0 Å². The van der Waals surface area contributed by atoms with Gasteiger partial charge in [-0.05, 0) is 37.3 Å². The zero-order chi connectivity index (χ0) is 13.6. The zero-order valence-corrected chi connectivity index (χ0v) is 12.7. The normalized spacial score (nSPS) is 13.8. The van der Waals surface area contributed by atoms with E-state index in [4.69, 9.17) is 0 Å². The van der Waals surface area contributed by atoms with Crippen LogP contribution in [0.4, 0.5) is 0 Å². The lowest BCUT2D eigenvalue weighted by molar-refractivity contribution is 0.217. The maximum atomic E-state index is 4.41. The van der Waals surface area contributed by atoms with Crippen LogP contribution in [0.3, 0.4) is 0 Å². The summed E-state index contributed by atoms with van der Waals surface area (Å²) in [5.74, 6) is 1.89. The van der Waals surface area contributed by atoms with Gasteiger partial charge in [-0.15, -0.1) is 0 Å². The largest absolute Gasteiger partial charge is 0.338 e. The summed E-state index contributed by atoms with van der Waals surface area (Å²) in [5, 5.41) is 3.56. The lowest BCUT2D eigenvalue weighted by Gasteiger charge is -2.31. The number of aromatic nitrogens is 2. The standard InChI is InChI=1S/C15H29N3/c1-6-9-16-12-13(15(2,3)4)7-8-14-17-10-11-18(14)5/h10-11,13,16H,6-9,12H2,1-5H3. The van der Waals surface area contributed by atoms with Gasteiger partial charge in [0.2, 0.25) is 0 Å². The van der Waals surface area contributed by atoms with E-state index in [9.17, 15) is 0 Å². The Morgan fingerprint density at radius 2 is 2.11 bits per heavy atom. The van der Waals surface area contributed by atoms with Crippen LogP contribution in [0.15, 0.2) is 12.4 Å². The lowest BCUT2D eigenvalue weighted by Crippen LogP contribution is -2.32. The molecule has 0 saturated carbocycles. The number of imidazole rings is 1. The molecule has 104 valence electrons. The van der Waals surface area contributed by atoms with Crippen molar-refractivity contribution in [2.75, 3.05) is 13.1 Å².